The molecule has 5 heteroatoms. The average Bonchev–Trinajstić information content (AvgIpc) is 3.03. The van der Waals surface area contributed by atoms with E-state index >= 15 is 0 Å². The molecule has 0 bridgehead atoms. The van der Waals surface area contributed by atoms with Crippen molar-refractivity contribution in [3.8, 4) is 17.2 Å². The van der Waals surface area contributed by atoms with Gasteiger partial charge in [-0.3, -0.25) is 0 Å². The molecule has 0 atom stereocenters. The van der Waals surface area contributed by atoms with Gasteiger partial charge in [-0.15, -0.1) is 0 Å². The van der Waals surface area contributed by atoms with Crippen molar-refractivity contribution in [3.63, 3.8) is 0 Å². The van der Waals surface area contributed by atoms with E-state index in [1.807, 2.05) is 0 Å². The van der Waals surface area contributed by atoms with Crippen LogP contribution >= 0.6 is 11.6 Å². The second-order valence-electron chi connectivity index (χ2n) is 4.61. The minimum Gasteiger partial charge on any atom is -0.506 e. The number of aromatic hydroxyl groups is 1. The van der Waals surface area contributed by atoms with Gasteiger partial charge in [0.05, 0.1) is 10.6 Å². The molecule has 17 heavy (non-hydrogen) atoms. The zero-order chi connectivity index (χ0) is 12.0. The van der Waals surface area contributed by atoms with Crippen molar-refractivity contribution < 1.29 is 19.7 Å². The lowest BCUT2D eigenvalue weighted by atomic mass is 10.0. The van der Waals surface area contributed by atoms with Crippen molar-refractivity contribution in [2.75, 3.05) is 13.2 Å². The lowest BCUT2D eigenvalue weighted by Crippen LogP contribution is -2.19. The summed E-state index contributed by atoms with van der Waals surface area (Å²) in [6.07, 6.45) is 1.84. The SMILES string of the molecule is Oc1c(Cl)cc2c(c1CC1(O)CC1)OCCO2. The number of benzene rings is 1. The third-order valence-electron chi connectivity index (χ3n) is 3.19. The highest BCUT2D eigenvalue weighted by Gasteiger charge is 2.42. The molecule has 1 heterocycles. The van der Waals surface area contributed by atoms with Gasteiger partial charge in [-0.25, -0.2) is 0 Å². The van der Waals surface area contributed by atoms with E-state index < -0.39 is 5.60 Å². The standard InChI is InChI=1S/C12H13ClO4/c13-8-5-9-11(17-4-3-16-9)7(10(8)14)6-12(15)1-2-12/h5,14-15H,1-4,6H2. The van der Waals surface area contributed by atoms with Gasteiger partial charge >= 0.3 is 0 Å². The van der Waals surface area contributed by atoms with E-state index in [2.05, 4.69) is 0 Å². The van der Waals surface area contributed by atoms with Crippen molar-refractivity contribution >= 4 is 11.6 Å². The predicted molar refractivity (Wildman–Crippen MR) is 62.0 cm³/mol. The maximum atomic E-state index is 9.97. The Kier molecular flexibility index (Phi) is 2.38. The Morgan fingerprint density at radius 3 is 2.71 bits per heavy atom. The molecule has 0 unspecified atom stereocenters. The zero-order valence-electron chi connectivity index (χ0n) is 9.20. The van der Waals surface area contributed by atoms with Crippen molar-refractivity contribution in [1.82, 2.24) is 0 Å². The summed E-state index contributed by atoms with van der Waals surface area (Å²) in [6, 6.07) is 1.55. The number of hydrogen-bond acceptors (Lipinski definition) is 4. The summed E-state index contributed by atoms with van der Waals surface area (Å²) in [7, 11) is 0. The number of hydrogen-bond donors (Lipinski definition) is 2. The fraction of sp³-hybridized carbons (Fsp3) is 0.500. The van der Waals surface area contributed by atoms with E-state index in [1.165, 1.54) is 0 Å². The number of aliphatic hydroxyl groups is 1. The molecule has 4 nitrogen and oxygen atoms in total. The first-order valence-corrected chi connectivity index (χ1v) is 5.99. The molecule has 2 aliphatic rings. The van der Waals surface area contributed by atoms with Crippen LogP contribution in [-0.4, -0.2) is 29.0 Å². The van der Waals surface area contributed by atoms with Gasteiger partial charge in [-0.1, -0.05) is 11.6 Å². The van der Waals surface area contributed by atoms with E-state index in [0.717, 1.165) is 12.8 Å². The fourth-order valence-electron chi connectivity index (χ4n) is 2.02. The summed E-state index contributed by atoms with van der Waals surface area (Å²) in [5, 5.41) is 20.1. The van der Waals surface area contributed by atoms with Crippen molar-refractivity contribution in [1.29, 1.82) is 0 Å². The minimum atomic E-state index is -0.712. The molecule has 0 aromatic heterocycles. The fourth-order valence-corrected chi connectivity index (χ4v) is 2.24. The molecule has 1 aliphatic heterocycles. The Hall–Kier alpha value is -1.13. The summed E-state index contributed by atoms with van der Waals surface area (Å²) in [5.41, 5.74) is -0.163. The molecule has 1 aromatic rings. The Morgan fingerprint density at radius 1 is 1.29 bits per heavy atom. The number of ether oxygens (including phenoxy) is 2. The monoisotopic (exact) mass is 256 g/mol. The van der Waals surface area contributed by atoms with Crippen LogP contribution in [0.25, 0.3) is 0 Å². The first kappa shape index (κ1) is 11.0. The molecule has 1 aliphatic carbocycles. The molecular weight excluding hydrogens is 244 g/mol. The molecule has 1 fully saturated rings. The summed E-state index contributed by atoms with van der Waals surface area (Å²) >= 11 is 5.93. The number of phenols is 1. The van der Waals surface area contributed by atoms with Crippen molar-refractivity contribution in [2.24, 2.45) is 0 Å². The van der Waals surface area contributed by atoms with Crippen LogP contribution in [0.2, 0.25) is 5.02 Å². The molecule has 0 spiro atoms. The number of fused-ring (bicyclic) bond motifs is 1. The summed E-state index contributed by atoms with van der Waals surface area (Å²) in [6.45, 7) is 0.914. The summed E-state index contributed by atoms with van der Waals surface area (Å²) < 4.78 is 10.9. The molecule has 1 saturated carbocycles. The second-order valence-corrected chi connectivity index (χ2v) is 5.02. The highest BCUT2D eigenvalue weighted by atomic mass is 35.5. The Balaban J connectivity index is 2.06. The Bertz CT molecular complexity index is 468. The third-order valence-corrected chi connectivity index (χ3v) is 3.48. The minimum absolute atomic E-state index is 0.0174. The van der Waals surface area contributed by atoms with Gasteiger partial charge in [-0.2, -0.15) is 0 Å². The molecule has 0 saturated heterocycles. The van der Waals surface area contributed by atoms with E-state index in [4.69, 9.17) is 21.1 Å². The topological polar surface area (TPSA) is 58.9 Å². The van der Waals surface area contributed by atoms with E-state index in [9.17, 15) is 10.2 Å². The van der Waals surface area contributed by atoms with Crippen LogP contribution in [0.3, 0.4) is 0 Å². The van der Waals surface area contributed by atoms with E-state index in [0.29, 0.717) is 36.7 Å². The van der Waals surface area contributed by atoms with Crippen LogP contribution in [0.4, 0.5) is 0 Å². The zero-order valence-corrected chi connectivity index (χ0v) is 9.96. The van der Waals surface area contributed by atoms with Gasteiger partial charge in [0.25, 0.3) is 0 Å². The molecule has 2 N–H and O–H groups in total. The maximum absolute atomic E-state index is 9.97. The lowest BCUT2D eigenvalue weighted by Gasteiger charge is -2.23. The highest BCUT2D eigenvalue weighted by Crippen LogP contribution is 2.48. The molecular formula is C12H13ClO4. The van der Waals surface area contributed by atoms with Crippen LogP contribution < -0.4 is 9.47 Å². The van der Waals surface area contributed by atoms with E-state index in [-0.39, 0.29) is 10.8 Å². The summed E-state index contributed by atoms with van der Waals surface area (Å²) in [4.78, 5) is 0. The third kappa shape index (κ3) is 1.91. The van der Waals surface area contributed by atoms with Gasteiger partial charge in [0.2, 0.25) is 0 Å². The first-order valence-electron chi connectivity index (χ1n) is 5.61. The number of phenolic OH excluding ortho intramolecular Hbond substituents is 1. The van der Waals surface area contributed by atoms with Crippen LogP contribution in [0.5, 0.6) is 17.2 Å². The second kappa shape index (κ2) is 3.68. The average molecular weight is 257 g/mol. The molecule has 1 aromatic carbocycles. The Labute approximate surface area is 104 Å². The Morgan fingerprint density at radius 2 is 2.00 bits per heavy atom. The van der Waals surface area contributed by atoms with Gasteiger partial charge < -0.3 is 19.7 Å². The van der Waals surface area contributed by atoms with Gasteiger partial charge in [-0.05, 0) is 12.8 Å². The molecule has 92 valence electrons. The predicted octanol–water partition coefficient (Wildman–Crippen LogP) is 1.88. The quantitative estimate of drug-likeness (QED) is 0.848. The number of rotatable bonds is 2. The largest absolute Gasteiger partial charge is 0.506 e. The van der Waals surface area contributed by atoms with Gasteiger partial charge in [0, 0.05) is 18.1 Å². The van der Waals surface area contributed by atoms with Gasteiger partial charge in [0.15, 0.2) is 11.5 Å². The lowest BCUT2D eigenvalue weighted by molar-refractivity contribution is 0.141. The van der Waals surface area contributed by atoms with Crippen molar-refractivity contribution in [2.45, 2.75) is 24.9 Å². The highest BCUT2D eigenvalue weighted by molar-refractivity contribution is 6.32. The molecule has 0 amide bonds. The number of halogens is 1. The first-order chi connectivity index (χ1) is 8.09. The van der Waals surface area contributed by atoms with Crippen molar-refractivity contribution in [3.05, 3.63) is 16.7 Å². The van der Waals surface area contributed by atoms with E-state index in [1.54, 1.807) is 6.07 Å². The van der Waals surface area contributed by atoms with Crippen LogP contribution in [0.15, 0.2) is 6.07 Å². The van der Waals surface area contributed by atoms with Crippen LogP contribution in [0.1, 0.15) is 18.4 Å². The normalized spacial score (nSPS) is 20.1. The maximum Gasteiger partial charge on any atom is 0.168 e. The molecule has 0 radical (unpaired) electrons. The smallest absolute Gasteiger partial charge is 0.168 e. The van der Waals surface area contributed by atoms with Crippen LogP contribution in [-0.2, 0) is 6.42 Å². The van der Waals surface area contributed by atoms with Gasteiger partial charge in [0.1, 0.15) is 19.0 Å². The van der Waals surface area contributed by atoms with Crippen LogP contribution in [0, 0.1) is 0 Å². The summed E-state index contributed by atoms with van der Waals surface area (Å²) in [5.74, 6) is 1.04. The molecule has 3 rings (SSSR count).